The third-order valence-electron chi connectivity index (χ3n) is 2.74. The number of anilines is 1. The van der Waals surface area contributed by atoms with Crippen LogP contribution in [-0.2, 0) is 6.42 Å². The van der Waals surface area contributed by atoms with Crippen LogP contribution in [0, 0.1) is 0 Å². The maximum Gasteiger partial charge on any atom is 0.270 e. The quantitative estimate of drug-likeness (QED) is 0.599. The van der Waals surface area contributed by atoms with Gasteiger partial charge in [-0.25, -0.2) is 4.98 Å². The van der Waals surface area contributed by atoms with Crippen molar-refractivity contribution in [3.8, 4) is 0 Å². The summed E-state index contributed by atoms with van der Waals surface area (Å²) < 4.78 is 0. The number of hydrogen-bond acceptors (Lipinski definition) is 3. The molecule has 66 valence electrons. The molecular weight excluding hydrogens is 166 g/mol. The van der Waals surface area contributed by atoms with E-state index < -0.39 is 0 Å². The number of carbonyl (C=O) groups is 1. The fourth-order valence-electron chi connectivity index (χ4n) is 2.21. The van der Waals surface area contributed by atoms with Crippen LogP contribution < -0.4 is 11.1 Å². The molecule has 1 aliphatic carbocycles. The predicted octanol–water partition coefficient (Wildman–Crippen LogP) is 0.394. The van der Waals surface area contributed by atoms with Crippen LogP contribution in [0.1, 0.15) is 34.1 Å². The van der Waals surface area contributed by atoms with Gasteiger partial charge in [-0.1, -0.05) is 0 Å². The van der Waals surface area contributed by atoms with E-state index in [-0.39, 0.29) is 11.9 Å². The van der Waals surface area contributed by atoms with Gasteiger partial charge in [0.15, 0.2) is 0 Å². The highest BCUT2D eigenvalue weighted by Gasteiger charge is 2.36. The second-order valence-corrected chi connectivity index (χ2v) is 3.53. The molecule has 1 unspecified atom stereocenters. The Hall–Kier alpha value is -1.58. The summed E-state index contributed by atoms with van der Waals surface area (Å²) in [5.41, 5.74) is 8.40. The van der Waals surface area contributed by atoms with E-state index in [1.54, 1.807) is 0 Å². The predicted molar refractivity (Wildman–Crippen MR) is 47.2 cm³/mol. The van der Waals surface area contributed by atoms with Crippen LogP contribution in [0.15, 0.2) is 6.07 Å². The van der Waals surface area contributed by atoms with Crippen LogP contribution >= 0.6 is 0 Å². The first kappa shape index (κ1) is 6.88. The molecule has 4 nitrogen and oxygen atoms in total. The van der Waals surface area contributed by atoms with Crippen molar-refractivity contribution >= 4 is 11.7 Å². The zero-order valence-electron chi connectivity index (χ0n) is 7.00. The zero-order chi connectivity index (χ0) is 9.00. The Balaban J connectivity index is 2.34. The summed E-state index contributed by atoms with van der Waals surface area (Å²) in [6.07, 6.45) is 1.99. The highest BCUT2D eigenvalue weighted by Crippen LogP contribution is 2.37. The topological polar surface area (TPSA) is 68.0 Å². The molecule has 3 N–H and O–H groups in total. The first-order valence-corrected chi connectivity index (χ1v) is 4.36. The average molecular weight is 175 g/mol. The molecule has 0 bridgehead atoms. The first-order valence-electron chi connectivity index (χ1n) is 4.36. The summed E-state index contributed by atoms with van der Waals surface area (Å²) in [7, 11) is 0. The van der Waals surface area contributed by atoms with Crippen LogP contribution in [0.2, 0.25) is 0 Å². The largest absolute Gasteiger partial charge is 0.384 e. The zero-order valence-corrected chi connectivity index (χ0v) is 7.00. The molecule has 1 aromatic heterocycles. The molecule has 3 rings (SSSR count). The number of nitrogens with two attached hydrogens (primary N) is 1. The lowest BCUT2D eigenvalue weighted by molar-refractivity contribution is 0.0951. The van der Waals surface area contributed by atoms with E-state index in [1.807, 2.05) is 6.07 Å². The Morgan fingerprint density at radius 1 is 1.62 bits per heavy atom. The fourth-order valence-corrected chi connectivity index (χ4v) is 2.21. The van der Waals surface area contributed by atoms with E-state index in [2.05, 4.69) is 10.3 Å². The van der Waals surface area contributed by atoms with Crippen molar-refractivity contribution in [2.75, 3.05) is 5.73 Å². The molecule has 1 aromatic rings. The van der Waals surface area contributed by atoms with Gasteiger partial charge < -0.3 is 11.1 Å². The molecule has 2 heterocycles. The van der Waals surface area contributed by atoms with Crippen LogP contribution in [0.25, 0.3) is 0 Å². The summed E-state index contributed by atoms with van der Waals surface area (Å²) in [5.74, 6) is 0.375. The molecule has 0 saturated carbocycles. The minimum Gasteiger partial charge on any atom is -0.384 e. The highest BCUT2D eigenvalue weighted by atomic mass is 16.2. The second-order valence-electron chi connectivity index (χ2n) is 3.53. The molecule has 1 amide bonds. The minimum atomic E-state index is -0.0757. The van der Waals surface area contributed by atoms with Gasteiger partial charge in [0, 0.05) is 5.56 Å². The van der Waals surface area contributed by atoms with Crippen molar-refractivity contribution in [3.05, 3.63) is 22.9 Å². The molecule has 2 aliphatic rings. The second kappa shape index (κ2) is 2.02. The smallest absolute Gasteiger partial charge is 0.270 e. The van der Waals surface area contributed by atoms with Gasteiger partial charge in [-0.2, -0.15) is 0 Å². The summed E-state index contributed by atoms with van der Waals surface area (Å²) in [4.78, 5) is 15.4. The number of aromatic nitrogens is 1. The molecule has 1 aliphatic heterocycles. The van der Waals surface area contributed by atoms with Crippen molar-refractivity contribution in [3.63, 3.8) is 0 Å². The number of nitrogens with one attached hydrogen (secondary N) is 1. The van der Waals surface area contributed by atoms with Crippen molar-refractivity contribution in [1.82, 2.24) is 10.3 Å². The molecule has 4 heteroatoms. The monoisotopic (exact) mass is 175 g/mol. The number of nitrogen functional groups attached to an aromatic ring is 1. The van der Waals surface area contributed by atoms with Gasteiger partial charge in [-0.15, -0.1) is 0 Å². The van der Waals surface area contributed by atoms with E-state index in [0.29, 0.717) is 11.5 Å². The Labute approximate surface area is 75.2 Å². The number of pyridine rings is 1. The Morgan fingerprint density at radius 2 is 2.46 bits per heavy atom. The van der Waals surface area contributed by atoms with Gasteiger partial charge in [-0.05, 0) is 24.5 Å². The molecule has 13 heavy (non-hydrogen) atoms. The van der Waals surface area contributed by atoms with Gasteiger partial charge in [0.25, 0.3) is 5.91 Å². The van der Waals surface area contributed by atoms with Gasteiger partial charge in [0.2, 0.25) is 0 Å². The van der Waals surface area contributed by atoms with E-state index >= 15 is 0 Å². The van der Waals surface area contributed by atoms with Gasteiger partial charge in [0.1, 0.15) is 11.5 Å². The fraction of sp³-hybridized carbons (Fsp3) is 0.333. The molecule has 0 saturated heterocycles. The molecule has 0 aromatic carbocycles. The molecular formula is C9H9N3O. The number of aryl methyl sites for hydroxylation is 1. The summed E-state index contributed by atoms with van der Waals surface area (Å²) >= 11 is 0. The SMILES string of the molecule is Nc1cc2c3c(n1)C(=O)NC3CC2. The molecule has 0 spiro atoms. The van der Waals surface area contributed by atoms with Crippen molar-refractivity contribution in [2.24, 2.45) is 0 Å². The molecule has 0 radical (unpaired) electrons. The van der Waals surface area contributed by atoms with E-state index in [9.17, 15) is 4.79 Å². The third kappa shape index (κ3) is 0.748. The Morgan fingerprint density at radius 3 is 3.31 bits per heavy atom. The normalized spacial score (nSPS) is 23.1. The van der Waals surface area contributed by atoms with Gasteiger partial charge >= 0.3 is 0 Å². The van der Waals surface area contributed by atoms with Gasteiger partial charge in [-0.3, -0.25) is 4.79 Å². The van der Waals surface area contributed by atoms with Crippen LogP contribution in [0.3, 0.4) is 0 Å². The lowest BCUT2D eigenvalue weighted by Gasteiger charge is -2.01. The van der Waals surface area contributed by atoms with Crippen LogP contribution in [-0.4, -0.2) is 10.9 Å². The Kier molecular flexibility index (Phi) is 1.07. The maximum atomic E-state index is 11.4. The highest BCUT2D eigenvalue weighted by molar-refractivity contribution is 5.98. The van der Waals surface area contributed by atoms with Crippen LogP contribution in [0.5, 0.6) is 0 Å². The van der Waals surface area contributed by atoms with E-state index in [4.69, 9.17) is 5.73 Å². The van der Waals surface area contributed by atoms with Crippen LogP contribution in [0.4, 0.5) is 5.82 Å². The van der Waals surface area contributed by atoms with Crippen molar-refractivity contribution in [1.29, 1.82) is 0 Å². The lowest BCUT2D eigenvalue weighted by atomic mass is 10.1. The van der Waals surface area contributed by atoms with Crippen molar-refractivity contribution in [2.45, 2.75) is 18.9 Å². The number of nitrogens with zero attached hydrogens (tertiary/aromatic N) is 1. The summed E-state index contributed by atoms with van der Waals surface area (Å²) in [5, 5.41) is 2.89. The third-order valence-corrected chi connectivity index (χ3v) is 2.74. The lowest BCUT2D eigenvalue weighted by Crippen LogP contribution is -2.18. The maximum absolute atomic E-state index is 11.4. The first-order chi connectivity index (χ1) is 6.25. The summed E-state index contributed by atoms with van der Waals surface area (Å²) in [6.45, 7) is 0. The minimum absolute atomic E-state index is 0.0757. The van der Waals surface area contributed by atoms with E-state index in [1.165, 1.54) is 5.56 Å². The molecule has 1 atom stereocenters. The average Bonchev–Trinajstić information content (AvgIpc) is 2.59. The van der Waals surface area contributed by atoms with Gasteiger partial charge in [0.05, 0.1) is 6.04 Å². The standard InChI is InChI=1S/C9H9N3O/c10-6-3-4-1-2-5-7(4)8(12-6)9(13)11-5/h3,5H,1-2H2,(H2,10,12)(H,11,13). The molecule has 0 fully saturated rings. The Bertz CT molecular complexity index is 414. The van der Waals surface area contributed by atoms with E-state index in [0.717, 1.165) is 18.4 Å². The summed E-state index contributed by atoms with van der Waals surface area (Å²) in [6, 6.07) is 2.07. The number of carbonyl (C=O) groups excluding carboxylic acids is 1. The number of rotatable bonds is 0. The number of amides is 1. The van der Waals surface area contributed by atoms with Crippen molar-refractivity contribution < 1.29 is 4.79 Å². The number of hydrogen-bond donors (Lipinski definition) is 2.